The van der Waals surface area contributed by atoms with E-state index in [-0.39, 0.29) is 5.84 Å². The largest absolute Gasteiger partial charge is 0.409 e. The normalized spacial score (nSPS) is 11.4. The summed E-state index contributed by atoms with van der Waals surface area (Å²) in [4.78, 5) is 12.3. The van der Waals surface area contributed by atoms with Gasteiger partial charge in [-0.1, -0.05) is 11.2 Å². The summed E-state index contributed by atoms with van der Waals surface area (Å²) in [5.41, 5.74) is 5.87. The van der Waals surface area contributed by atoms with Gasteiger partial charge >= 0.3 is 0 Å². The van der Waals surface area contributed by atoms with E-state index in [1.807, 2.05) is 6.07 Å². The third kappa shape index (κ3) is 2.91. The zero-order valence-corrected chi connectivity index (χ0v) is 9.50. The Labute approximate surface area is 102 Å². The predicted molar refractivity (Wildman–Crippen MR) is 62.9 cm³/mol. The van der Waals surface area contributed by atoms with Crippen LogP contribution in [0.3, 0.4) is 0 Å². The van der Waals surface area contributed by atoms with Gasteiger partial charge in [0.25, 0.3) is 0 Å². The first-order chi connectivity index (χ1) is 8.29. The lowest BCUT2D eigenvalue weighted by Crippen LogP contribution is -2.14. The van der Waals surface area contributed by atoms with Crippen molar-refractivity contribution in [3.05, 3.63) is 42.5 Å². The molecule has 2 aromatic rings. The second kappa shape index (κ2) is 5.26. The molecule has 0 aromatic carbocycles. The number of aromatic nitrogens is 3. The number of rotatable bonds is 3. The number of pyridine rings is 1. The molecule has 0 atom stereocenters. The topological polar surface area (TPSA) is 97.3 Å². The standard InChI is InChI=1S/C10H9N5OS/c11-10(15-16)7-2-1-3-8(14-7)17-9-6-12-4-5-13-9/h1-6,16H,(H2,11,15). The Morgan fingerprint density at radius 1 is 1.29 bits per heavy atom. The SMILES string of the molecule is NC(=NO)c1cccc(Sc2cnccn2)n1. The molecule has 0 saturated heterocycles. The first-order valence-corrected chi connectivity index (χ1v) is 5.50. The van der Waals surface area contributed by atoms with Gasteiger partial charge in [-0.3, -0.25) is 4.98 Å². The van der Waals surface area contributed by atoms with E-state index in [1.165, 1.54) is 11.8 Å². The van der Waals surface area contributed by atoms with Gasteiger partial charge in [0.2, 0.25) is 0 Å². The van der Waals surface area contributed by atoms with Gasteiger partial charge in [-0.15, -0.1) is 0 Å². The smallest absolute Gasteiger partial charge is 0.188 e. The second-order valence-corrected chi connectivity index (χ2v) is 4.03. The van der Waals surface area contributed by atoms with E-state index in [4.69, 9.17) is 10.9 Å². The average Bonchev–Trinajstić information content (AvgIpc) is 2.39. The fraction of sp³-hybridized carbons (Fsp3) is 0. The Hall–Kier alpha value is -2.15. The van der Waals surface area contributed by atoms with Crippen LogP contribution < -0.4 is 5.73 Å². The molecular formula is C10H9N5OS. The van der Waals surface area contributed by atoms with Crippen molar-refractivity contribution >= 4 is 17.6 Å². The Morgan fingerprint density at radius 3 is 2.88 bits per heavy atom. The number of nitrogens with two attached hydrogens (primary N) is 1. The average molecular weight is 247 g/mol. The highest BCUT2D eigenvalue weighted by molar-refractivity contribution is 7.99. The van der Waals surface area contributed by atoms with Gasteiger partial charge in [0.15, 0.2) is 5.84 Å². The summed E-state index contributed by atoms with van der Waals surface area (Å²) in [6, 6.07) is 5.25. The van der Waals surface area contributed by atoms with Crippen LogP contribution in [0.2, 0.25) is 0 Å². The molecule has 0 aliphatic heterocycles. The zero-order chi connectivity index (χ0) is 12.1. The van der Waals surface area contributed by atoms with E-state index in [9.17, 15) is 0 Å². The van der Waals surface area contributed by atoms with Crippen molar-refractivity contribution in [1.29, 1.82) is 0 Å². The molecule has 6 nitrogen and oxygen atoms in total. The van der Waals surface area contributed by atoms with E-state index >= 15 is 0 Å². The van der Waals surface area contributed by atoms with Crippen LogP contribution in [-0.4, -0.2) is 26.0 Å². The predicted octanol–water partition coefficient (Wildman–Crippen LogP) is 1.12. The Balaban J connectivity index is 2.23. The Kier molecular flexibility index (Phi) is 3.51. The minimum atomic E-state index is -0.0217. The summed E-state index contributed by atoms with van der Waals surface area (Å²) in [6.07, 6.45) is 4.85. The number of hydrogen-bond donors (Lipinski definition) is 2. The molecule has 17 heavy (non-hydrogen) atoms. The number of hydrogen-bond acceptors (Lipinski definition) is 6. The zero-order valence-electron chi connectivity index (χ0n) is 8.69. The number of oxime groups is 1. The molecule has 0 aliphatic rings. The summed E-state index contributed by atoms with van der Waals surface area (Å²) in [7, 11) is 0. The van der Waals surface area contributed by atoms with Gasteiger partial charge < -0.3 is 10.9 Å². The molecule has 0 unspecified atom stereocenters. The third-order valence-electron chi connectivity index (χ3n) is 1.84. The highest BCUT2D eigenvalue weighted by atomic mass is 32.2. The lowest BCUT2D eigenvalue weighted by atomic mass is 10.3. The first-order valence-electron chi connectivity index (χ1n) is 4.68. The fourth-order valence-electron chi connectivity index (χ4n) is 1.11. The van der Waals surface area contributed by atoms with Gasteiger partial charge in [0, 0.05) is 12.4 Å². The molecule has 2 heterocycles. The van der Waals surface area contributed by atoms with Crippen molar-refractivity contribution in [1.82, 2.24) is 15.0 Å². The van der Waals surface area contributed by atoms with Crippen LogP contribution in [-0.2, 0) is 0 Å². The lowest BCUT2D eigenvalue weighted by Gasteiger charge is -2.01. The summed E-state index contributed by atoms with van der Waals surface area (Å²) >= 11 is 1.35. The van der Waals surface area contributed by atoms with Crippen molar-refractivity contribution < 1.29 is 5.21 Å². The summed E-state index contributed by atoms with van der Waals surface area (Å²) in [6.45, 7) is 0. The van der Waals surface area contributed by atoms with Gasteiger partial charge in [-0.2, -0.15) is 0 Å². The highest BCUT2D eigenvalue weighted by Crippen LogP contribution is 2.22. The Bertz CT molecular complexity index is 531. The lowest BCUT2D eigenvalue weighted by molar-refractivity contribution is 0.318. The van der Waals surface area contributed by atoms with Crippen LogP contribution in [0.1, 0.15) is 5.69 Å². The van der Waals surface area contributed by atoms with E-state index in [0.717, 1.165) is 5.03 Å². The van der Waals surface area contributed by atoms with Crippen LogP contribution >= 0.6 is 11.8 Å². The highest BCUT2D eigenvalue weighted by Gasteiger charge is 2.04. The van der Waals surface area contributed by atoms with E-state index in [0.29, 0.717) is 10.7 Å². The van der Waals surface area contributed by atoms with Gasteiger partial charge in [0.05, 0.1) is 6.20 Å². The minimum absolute atomic E-state index is 0.0217. The molecule has 86 valence electrons. The van der Waals surface area contributed by atoms with Crippen molar-refractivity contribution in [3.63, 3.8) is 0 Å². The quantitative estimate of drug-likeness (QED) is 0.365. The van der Waals surface area contributed by atoms with Crippen molar-refractivity contribution in [2.24, 2.45) is 10.9 Å². The number of amidine groups is 1. The fourth-order valence-corrected chi connectivity index (χ4v) is 1.84. The van der Waals surface area contributed by atoms with Crippen molar-refractivity contribution in [2.75, 3.05) is 0 Å². The molecule has 0 bridgehead atoms. The molecule has 2 aromatic heterocycles. The maximum Gasteiger partial charge on any atom is 0.188 e. The maximum atomic E-state index is 8.56. The molecule has 0 radical (unpaired) electrons. The Morgan fingerprint density at radius 2 is 2.18 bits per heavy atom. The van der Waals surface area contributed by atoms with E-state index in [1.54, 1.807) is 30.7 Å². The molecule has 0 spiro atoms. The van der Waals surface area contributed by atoms with Gasteiger partial charge in [-0.05, 0) is 23.9 Å². The molecular weight excluding hydrogens is 238 g/mol. The molecule has 0 fully saturated rings. The van der Waals surface area contributed by atoms with Crippen LogP contribution in [0.25, 0.3) is 0 Å². The molecule has 0 aliphatic carbocycles. The second-order valence-electron chi connectivity index (χ2n) is 2.99. The molecule has 2 rings (SSSR count). The minimum Gasteiger partial charge on any atom is -0.409 e. The third-order valence-corrected chi connectivity index (χ3v) is 2.70. The van der Waals surface area contributed by atoms with Crippen molar-refractivity contribution in [2.45, 2.75) is 10.1 Å². The van der Waals surface area contributed by atoms with Crippen LogP contribution in [0.5, 0.6) is 0 Å². The van der Waals surface area contributed by atoms with E-state index in [2.05, 4.69) is 20.1 Å². The number of nitrogens with zero attached hydrogens (tertiary/aromatic N) is 4. The molecule has 3 N–H and O–H groups in total. The van der Waals surface area contributed by atoms with Crippen LogP contribution in [0, 0.1) is 0 Å². The van der Waals surface area contributed by atoms with Crippen molar-refractivity contribution in [3.8, 4) is 0 Å². The summed E-state index contributed by atoms with van der Waals surface area (Å²) in [5, 5.41) is 12.9. The monoisotopic (exact) mass is 247 g/mol. The first kappa shape index (κ1) is 11.3. The van der Waals surface area contributed by atoms with Gasteiger partial charge in [-0.25, -0.2) is 9.97 Å². The van der Waals surface area contributed by atoms with Crippen LogP contribution in [0.4, 0.5) is 0 Å². The van der Waals surface area contributed by atoms with Gasteiger partial charge in [0.1, 0.15) is 15.7 Å². The maximum absolute atomic E-state index is 8.56. The molecule has 7 heteroatoms. The summed E-state index contributed by atoms with van der Waals surface area (Å²) in [5.74, 6) is -0.0217. The van der Waals surface area contributed by atoms with E-state index < -0.39 is 0 Å². The molecule has 0 saturated carbocycles. The summed E-state index contributed by atoms with van der Waals surface area (Å²) < 4.78 is 0. The van der Waals surface area contributed by atoms with Crippen LogP contribution in [0.15, 0.2) is 52.0 Å². The molecule has 0 amide bonds.